The van der Waals surface area contributed by atoms with Crippen LogP contribution in [0, 0.1) is 5.92 Å². The number of nitrogens with zero attached hydrogens (tertiary/aromatic N) is 2. The molecule has 94 valence electrons. The maximum absolute atomic E-state index is 10.7. The summed E-state index contributed by atoms with van der Waals surface area (Å²) in [6.45, 7) is 1.59. The molecule has 1 saturated carbocycles. The molecule has 1 fully saturated rings. The molecule has 2 N–H and O–H groups in total. The molecule has 0 amide bonds. The zero-order chi connectivity index (χ0) is 12.4. The average molecular weight is 256 g/mol. The summed E-state index contributed by atoms with van der Waals surface area (Å²) in [5.41, 5.74) is 0.801. The van der Waals surface area contributed by atoms with Gasteiger partial charge in [-0.1, -0.05) is 0 Å². The first-order valence-corrected chi connectivity index (χ1v) is 6.47. The van der Waals surface area contributed by atoms with Gasteiger partial charge in [-0.05, 0) is 25.8 Å². The standard InChI is InChI=1S/C11H16N2O3S/c1-13(4-7-2-9(14)3-7)5-8-6-17-10(12-8)11(15)16/h6-7,9,14H,2-5H2,1H3,(H,15,16). The number of carbonyl (C=O) groups is 1. The Morgan fingerprint density at radius 1 is 1.65 bits per heavy atom. The fourth-order valence-electron chi connectivity index (χ4n) is 2.11. The van der Waals surface area contributed by atoms with E-state index in [1.807, 2.05) is 7.05 Å². The largest absolute Gasteiger partial charge is 0.476 e. The molecule has 0 aliphatic heterocycles. The first-order chi connectivity index (χ1) is 8.04. The zero-order valence-corrected chi connectivity index (χ0v) is 10.5. The number of carboxylic acids is 1. The number of hydrogen-bond donors (Lipinski definition) is 2. The van der Waals surface area contributed by atoms with E-state index < -0.39 is 5.97 Å². The first-order valence-electron chi connectivity index (χ1n) is 5.59. The van der Waals surface area contributed by atoms with Gasteiger partial charge in [0.05, 0.1) is 11.8 Å². The minimum atomic E-state index is -0.967. The van der Waals surface area contributed by atoms with Crippen LogP contribution in [0.15, 0.2) is 5.38 Å². The lowest BCUT2D eigenvalue weighted by molar-refractivity contribution is 0.0272. The fourth-order valence-corrected chi connectivity index (χ4v) is 2.75. The Balaban J connectivity index is 1.81. The van der Waals surface area contributed by atoms with Crippen molar-refractivity contribution in [1.82, 2.24) is 9.88 Å². The molecule has 1 aromatic rings. The van der Waals surface area contributed by atoms with Gasteiger partial charge in [-0.3, -0.25) is 0 Å². The van der Waals surface area contributed by atoms with Crippen molar-refractivity contribution in [3.05, 3.63) is 16.1 Å². The number of hydrogen-bond acceptors (Lipinski definition) is 5. The van der Waals surface area contributed by atoms with Crippen LogP contribution in [0.25, 0.3) is 0 Å². The Morgan fingerprint density at radius 2 is 2.35 bits per heavy atom. The summed E-state index contributed by atoms with van der Waals surface area (Å²) >= 11 is 1.16. The second-order valence-corrected chi connectivity index (χ2v) is 5.50. The maximum atomic E-state index is 10.7. The lowest BCUT2D eigenvalue weighted by Gasteiger charge is -2.34. The Kier molecular flexibility index (Phi) is 3.76. The molecule has 1 heterocycles. The molecule has 1 aliphatic rings. The van der Waals surface area contributed by atoms with Crippen molar-refractivity contribution in [2.24, 2.45) is 5.92 Å². The van der Waals surface area contributed by atoms with Crippen LogP contribution < -0.4 is 0 Å². The van der Waals surface area contributed by atoms with E-state index in [2.05, 4.69) is 9.88 Å². The molecule has 0 unspecified atom stereocenters. The summed E-state index contributed by atoms with van der Waals surface area (Å²) < 4.78 is 0. The predicted octanol–water partition coefficient (Wildman–Crippen LogP) is 1.04. The molecule has 0 bridgehead atoms. The van der Waals surface area contributed by atoms with E-state index in [1.165, 1.54) is 0 Å². The normalized spacial score (nSPS) is 23.7. The molecular formula is C11H16N2O3S. The average Bonchev–Trinajstić information content (AvgIpc) is 2.63. The summed E-state index contributed by atoms with van der Waals surface area (Å²) in [5.74, 6) is -0.404. The van der Waals surface area contributed by atoms with Crippen LogP contribution in [0.5, 0.6) is 0 Å². The van der Waals surface area contributed by atoms with Crippen LogP contribution in [0.1, 0.15) is 28.3 Å². The molecule has 5 nitrogen and oxygen atoms in total. The fraction of sp³-hybridized carbons (Fsp3) is 0.636. The van der Waals surface area contributed by atoms with Crippen molar-refractivity contribution in [1.29, 1.82) is 0 Å². The van der Waals surface area contributed by atoms with Crippen molar-refractivity contribution in [2.75, 3.05) is 13.6 Å². The number of aromatic carboxylic acids is 1. The van der Waals surface area contributed by atoms with Gasteiger partial charge in [-0.15, -0.1) is 11.3 Å². The smallest absolute Gasteiger partial charge is 0.365 e. The number of aliphatic hydroxyl groups excluding tert-OH is 1. The molecule has 0 radical (unpaired) electrons. The van der Waals surface area contributed by atoms with Gasteiger partial charge in [-0.25, -0.2) is 9.78 Å². The van der Waals surface area contributed by atoms with E-state index in [-0.39, 0.29) is 11.1 Å². The van der Waals surface area contributed by atoms with E-state index in [0.29, 0.717) is 12.5 Å². The lowest BCUT2D eigenvalue weighted by atomic mass is 9.82. The minimum Gasteiger partial charge on any atom is -0.476 e. The molecule has 2 rings (SSSR count). The van der Waals surface area contributed by atoms with Gasteiger partial charge in [0.1, 0.15) is 0 Å². The van der Waals surface area contributed by atoms with Crippen molar-refractivity contribution in [3.8, 4) is 0 Å². The third kappa shape index (κ3) is 3.24. The van der Waals surface area contributed by atoms with E-state index >= 15 is 0 Å². The molecule has 0 aromatic carbocycles. The summed E-state index contributed by atoms with van der Waals surface area (Å²) in [4.78, 5) is 16.8. The Labute approximate surface area is 104 Å². The highest BCUT2D eigenvalue weighted by Crippen LogP contribution is 2.27. The maximum Gasteiger partial charge on any atom is 0.365 e. The van der Waals surface area contributed by atoms with Gasteiger partial charge in [0.15, 0.2) is 0 Å². The summed E-state index contributed by atoms with van der Waals surface area (Å²) in [7, 11) is 1.99. The van der Waals surface area contributed by atoms with Crippen LogP contribution >= 0.6 is 11.3 Å². The zero-order valence-electron chi connectivity index (χ0n) is 9.67. The Morgan fingerprint density at radius 3 is 2.88 bits per heavy atom. The van der Waals surface area contributed by atoms with E-state index in [4.69, 9.17) is 5.11 Å². The third-order valence-electron chi connectivity index (χ3n) is 2.95. The summed E-state index contributed by atoms with van der Waals surface area (Å²) in [5, 5.41) is 19.9. The second kappa shape index (κ2) is 5.12. The first kappa shape index (κ1) is 12.5. The van der Waals surface area contributed by atoms with Gasteiger partial charge in [0.2, 0.25) is 5.01 Å². The molecule has 0 atom stereocenters. The van der Waals surface area contributed by atoms with Gasteiger partial charge in [0.25, 0.3) is 0 Å². The Bertz CT molecular complexity index is 401. The monoisotopic (exact) mass is 256 g/mol. The number of aliphatic hydroxyl groups is 1. The van der Waals surface area contributed by atoms with Crippen LogP contribution in [-0.2, 0) is 6.54 Å². The number of carboxylic acid groups (broad SMARTS) is 1. The van der Waals surface area contributed by atoms with Crippen molar-refractivity contribution < 1.29 is 15.0 Å². The van der Waals surface area contributed by atoms with Gasteiger partial charge in [-0.2, -0.15) is 0 Å². The molecular weight excluding hydrogens is 240 g/mol. The molecule has 1 aromatic heterocycles. The van der Waals surface area contributed by atoms with Crippen molar-refractivity contribution >= 4 is 17.3 Å². The van der Waals surface area contributed by atoms with Gasteiger partial charge < -0.3 is 15.1 Å². The lowest BCUT2D eigenvalue weighted by Crippen LogP contribution is -2.36. The summed E-state index contributed by atoms with van der Waals surface area (Å²) in [6.07, 6.45) is 1.63. The van der Waals surface area contributed by atoms with Crippen LogP contribution in [-0.4, -0.2) is 45.8 Å². The van der Waals surface area contributed by atoms with Gasteiger partial charge in [0, 0.05) is 18.5 Å². The van der Waals surface area contributed by atoms with Crippen LogP contribution in [0.2, 0.25) is 0 Å². The Hall–Kier alpha value is -0.980. The summed E-state index contributed by atoms with van der Waals surface area (Å²) in [6, 6.07) is 0. The second-order valence-electron chi connectivity index (χ2n) is 4.64. The third-order valence-corrected chi connectivity index (χ3v) is 3.83. The van der Waals surface area contributed by atoms with E-state index in [1.54, 1.807) is 5.38 Å². The molecule has 6 heteroatoms. The number of rotatable bonds is 5. The highest BCUT2D eigenvalue weighted by atomic mass is 32.1. The predicted molar refractivity (Wildman–Crippen MR) is 64.1 cm³/mol. The molecule has 17 heavy (non-hydrogen) atoms. The molecule has 1 aliphatic carbocycles. The number of aromatic nitrogens is 1. The molecule has 0 saturated heterocycles. The van der Waals surface area contributed by atoms with Crippen LogP contribution in [0.4, 0.5) is 0 Å². The quantitative estimate of drug-likeness (QED) is 0.823. The molecule has 0 spiro atoms. The van der Waals surface area contributed by atoms with Crippen molar-refractivity contribution in [2.45, 2.75) is 25.5 Å². The van der Waals surface area contributed by atoms with E-state index in [9.17, 15) is 9.90 Å². The van der Waals surface area contributed by atoms with Gasteiger partial charge >= 0.3 is 5.97 Å². The number of thiazole rings is 1. The highest BCUT2D eigenvalue weighted by molar-refractivity contribution is 7.11. The van der Waals surface area contributed by atoms with Crippen LogP contribution in [0.3, 0.4) is 0 Å². The van der Waals surface area contributed by atoms with E-state index in [0.717, 1.165) is 36.4 Å². The minimum absolute atomic E-state index is 0.119. The topological polar surface area (TPSA) is 73.7 Å². The van der Waals surface area contributed by atoms with Crippen molar-refractivity contribution in [3.63, 3.8) is 0 Å². The highest BCUT2D eigenvalue weighted by Gasteiger charge is 2.27. The SMILES string of the molecule is CN(Cc1csc(C(=O)O)n1)CC1CC(O)C1.